The topological polar surface area (TPSA) is 90.5 Å². The molecule has 0 aliphatic rings. The van der Waals surface area contributed by atoms with Gasteiger partial charge in [0.2, 0.25) is 0 Å². The Balaban J connectivity index is 1.63. The van der Waals surface area contributed by atoms with E-state index < -0.39 is 29.3 Å². The first-order chi connectivity index (χ1) is 14.3. The molecule has 0 spiro atoms. The van der Waals surface area contributed by atoms with E-state index in [2.05, 4.69) is 25.7 Å². The smallest absolute Gasteiger partial charge is 0.319 e. The number of alkyl halides is 3. The maximum atomic E-state index is 13.6. The molecule has 0 bridgehead atoms. The molecule has 1 amide bonds. The van der Waals surface area contributed by atoms with Crippen LogP contribution in [-0.2, 0) is 6.18 Å². The van der Waals surface area contributed by atoms with Gasteiger partial charge in [-0.05, 0) is 42.5 Å². The van der Waals surface area contributed by atoms with Gasteiger partial charge in [-0.25, -0.2) is 18.7 Å². The quantitative estimate of drug-likeness (QED) is 0.515. The van der Waals surface area contributed by atoms with Crippen LogP contribution in [0.25, 0.3) is 11.5 Å². The van der Waals surface area contributed by atoms with Gasteiger partial charge in [0.1, 0.15) is 5.82 Å². The van der Waals surface area contributed by atoms with Gasteiger partial charge in [-0.3, -0.25) is 4.79 Å². The normalized spacial score (nSPS) is 11.5. The number of hydrogen-bond donors (Lipinski definition) is 1. The molecule has 0 aliphatic carbocycles. The summed E-state index contributed by atoms with van der Waals surface area (Å²) in [7, 11) is 0. The summed E-state index contributed by atoms with van der Waals surface area (Å²) in [4.78, 5) is 16.5. The summed E-state index contributed by atoms with van der Waals surface area (Å²) in [6.07, 6.45) is -0.455. The molecule has 0 atom stereocenters. The van der Waals surface area contributed by atoms with Crippen LogP contribution in [0.3, 0.4) is 0 Å². The van der Waals surface area contributed by atoms with Crippen molar-refractivity contribution in [3.63, 3.8) is 0 Å². The zero-order valence-electron chi connectivity index (χ0n) is 14.9. The maximum absolute atomic E-state index is 13.6. The van der Waals surface area contributed by atoms with Gasteiger partial charge in [0.15, 0.2) is 17.2 Å². The van der Waals surface area contributed by atoms with Gasteiger partial charge < -0.3 is 5.32 Å². The second-order valence-corrected chi connectivity index (χ2v) is 5.98. The van der Waals surface area contributed by atoms with Crippen LogP contribution < -0.4 is 5.32 Å². The van der Waals surface area contributed by atoms with Crippen molar-refractivity contribution in [2.75, 3.05) is 5.32 Å². The lowest BCUT2D eigenvalue weighted by Gasteiger charge is -2.11. The van der Waals surface area contributed by atoms with Crippen molar-refractivity contribution in [3.8, 4) is 11.5 Å². The minimum absolute atomic E-state index is 0.0967. The Labute approximate surface area is 165 Å². The molecule has 0 aliphatic heterocycles. The first-order valence-electron chi connectivity index (χ1n) is 8.39. The number of halogens is 4. The van der Waals surface area contributed by atoms with E-state index in [0.29, 0.717) is 10.5 Å². The second-order valence-electron chi connectivity index (χ2n) is 5.98. The molecule has 0 saturated carbocycles. The van der Waals surface area contributed by atoms with Gasteiger partial charge in [0.25, 0.3) is 5.91 Å². The van der Waals surface area contributed by atoms with Crippen molar-refractivity contribution in [1.82, 2.24) is 29.8 Å². The average molecular weight is 417 g/mol. The average Bonchev–Trinajstić information content (AvgIpc) is 3.39. The molecule has 4 rings (SSSR count). The monoisotopic (exact) mass is 417 g/mol. The standard InChI is InChI=1S/C18H11F4N7O/c19-11-2-5-13(6-3-11)29-16(18(20,21)22)15(26-27-29)17(30)25-12-4-7-14(23-10-12)28-9-1-8-24-28/h1-10H,(H,25,30). The van der Waals surface area contributed by atoms with Crippen LogP contribution in [0.1, 0.15) is 16.2 Å². The third kappa shape index (κ3) is 3.74. The van der Waals surface area contributed by atoms with Crippen LogP contribution in [0.4, 0.5) is 23.2 Å². The number of pyridine rings is 1. The Bertz CT molecular complexity index is 1170. The zero-order chi connectivity index (χ0) is 21.3. The maximum Gasteiger partial charge on any atom is 0.435 e. The van der Waals surface area contributed by atoms with Crippen molar-refractivity contribution in [2.45, 2.75) is 6.18 Å². The van der Waals surface area contributed by atoms with E-state index in [0.717, 1.165) is 24.3 Å². The van der Waals surface area contributed by atoms with Gasteiger partial charge in [-0.2, -0.15) is 18.3 Å². The Morgan fingerprint density at radius 3 is 2.43 bits per heavy atom. The number of benzene rings is 1. The van der Waals surface area contributed by atoms with Gasteiger partial charge in [0.05, 0.1) is 17.6 Å². The first kappa shape index (κ1) is 19.2. The highest BCUT2D eigenvalue weighted by Gasteiger charge is 2.42. The number of rotatable bonds is 4. The highest BCUT2D eigenvalue weighted by atomic mass is 19.4. The molecular weight excluding hydrogens is 406 g/mol. The number of aromatic nitrogens is 6. The molecule has 152 valence electrons. The van der Waals surface area contributed by atoms with Gasteiger partial charge in [-0.15, -0.1) is 5.10 Å². The van der Waals surface area contributed by atoms with Crippen LogP contribution in [0.2, 0.25) is 0 Å². The third-order valence-corrected chi connectivity index (χ3v) is 3.97. The van der Waals surface area contributed by atoms with E-state index >= 15 is 0 Å². The molecule has 0 saturated heterocycles. The summed E-state index contributed by atoms with van der Waals surface area (Å²) in [5, 5.41) is 13.1. The van der Waals surface area contributed by atoms with E-state index in [-0.39, 0.29) is 11.4 Å². The Kier molecular flexibility index (Phi) is 4.74. The number of carbonyl (C=O) groups is 1. The fourth-order valence-corrected chi connectivity index (χ4v) is 2.64. The van der Waals surface area contributed by atoms with Crippen molar-refractivity contribution in [1.29, 1.82) is 0 Å². The van der Waals surface area contributed by atoms with Crippen LogP contribution in [0.5, 0.6) is 0 Å². The lowest BCUT2D eigenvalue weighted by atomic mass is 10.2. The SMILES string of the molecule is O=C(Nc1ccc(-n2cccn2)nc1)c1nnn(-c2ccc(F)cc2)c1C(F)(F)F. The summed E-state index contributed by atoms with van der Waals surface area (Å²) in [5.74, 6) is -1.29. The van der Waals surface area contributed by atoms with Crippen LogP contribution in [0, 0.1) is 5.82 Å². The Morgan fingerprint density at radius 1 is 1.07 bits per heavy atom. The number of anilines is 1. The van der Waals surface area contributed by atoms with E-state index in [1.165, 1.54) is 23.0 Å². The van der Waals surface area contributed by atoms with Crippen LogP contribution in [0.15, 0.2) is 61.1 Å². The van der Waals surface area contributed by atoms with E-state index in [1.54, 1.807) is 18.5 Å². The first-order valence-corrected chi connectivity index (χ1v) is 8.39. The van der Waals surface area contributed by atoms with Gasteiger partial charge >= 0.3 is 6.18 Å². The highest BCUT2D eigenvalue weighted by Crippen LogP contribution is 2.33. The Morgan fingerprint density at radius 2 is 1.83 bits per heavy atom. The van der Waals surface area contributed by atoms with Crippen LogP contribution >= 0.6 is 0 Å². The molecule has 3 heterocycles. The lowest BCUT2D eigenvalue weighted by Crippen LogP contribution is -2.21. The molecular formula is C18H11F4N7O. The third-order valence-electron chi connectivity index (χ3n) is 3.97. The summed E-state index contributed by atoms with van der Waals surface area (Å²) in [6, 6.07) is 8.83. The van der Waals surface area contributed by atoms with Crippen molar-refractivity contribution in [3.05, 3.63) is 78.3 Å². The predicted octanol–water partition coefficient (Wildman–Crippen LogP) is 3.26. The number of amides is 1. The fourth-order valence-electron chi connectivity index (χ4n) is 2.64. The molecule has 0 unspecified atom stereocenters. The van der Waals surface area contributed by atoms with Gasteiger partial charge in [-0.1, -0.05) is 5.21 Å². The minimum Gasteiger partial charge on any atom is -0.319 e. The molecule has 0 fully saturated rings. The molecule has 0 radical (unpaired) electrons. The summed E-state index contributed by atoms with van der Waals surface area (Å²) in [6.45, 7) is 0. The largest absolute Gasteiger partial charge is 0.435 e. The summed E-state index contributed by atoms with van der Waals surface area (Å²) >= 11 is 0. The molecule has 3 aromatic heterocycles. The van der Waals surface area contributed by atoms with E-state index in [4.69, 9.17) is 0 Å². The van der Waals surface area contributed by atoms with Crippen molar-refractivity contribution in [2.24, 2.45) is 0 Å². The summed E-state index contributed by atoms with van der Waals surface area (Å²) < 4.78 is 55.9. The second kappa shape index (κ2) is 7.39. The summed E-state index contributed by atoms with van der Waals surface area (Å²) in [5.41, 5.74) is -2.25. The van der Waals surface area contributed by atoms with Crippen molar-refractivity contribution < 1.29 is 22.4 Å². The van der Waals surface area contributed by atoms with Crippen molar-refractivity contribution >= 4 is 11.6 Å². The highest BCUT2D eigenvalue weighted by molar-refractivity contribution is 6.03. The molecule has 30 heavy (non-hydrogen) atoms. The Hall–Kier alpha value is -4.09. The van der Waals surface area contributed by atoms with E-state index in [1.807, 2.05) is 0 Å². The minimum atomic E-state index is -4.94. The lowest BCUT2D eigenvalue weighted by molar-refractivity contribution is -0.143. The zero-order valence-corrected chi connectivity index (χ0v) is 14.9. The van der Waals surface area contributed by atoms with Gasteiger partial charge in [0, 0.05) is 12.4 Å². The molecule has 1 aromatic carbocycles. The molecule has 12 heteroatoms. The predicted molar refractivity (Wildman–Crippen MR) is 95.6 cm³/mol. The number of hydrogen-bond acceptors (Lipinski definition) is 5. The number of nitrogens with zero attached hydrogens (tertiary/aromatic N) is 6. The molecule has 8 nitrogen and oxygen atoms in total. The molecule has 1 N–H and O–H groups in total. The number of nitrogens with one attached hydrogen (secondary N) is 1. The molecule has 4 aromatic rings. The van der Waals surface area contributed by atoms with Crippen LogP contribution in [-0.4, -0.2) is 35.7 Å². The number of carbonyl (C=O) groups excluding carboxylic acids is 1. The fraction of sp³-hybridized carbons (Fsp3) is 0.0556. The van der Waals surface area contributed by atoms with E-state index in [9.17, 15) is 22.4 Å².